The van der Waals surface area contributed by atoms with Crippen molar-refractivity contribution >= 4 is 11.8 Å². The van der Waals surface area contributed by atoms with E-state index in [1.807, 2.05) is 0 Å². The minimum absolute atomic E-state index is 0.146. The number of alkyl halides is 1. The zero-order chi connectivity index (χ0) is 11.3. The molecule has 0 spiro atoms. The van der Waals surface area contributed by atoms with E-state index in [0.717, 1.165) is 0 Å². The molecule has 1 aromatic rings. The number of carbonyl (C=O) groups excluding carboxylic acids is 2. The average molecular weight is 210 g/mol. The first-order chi connectivity index (χ1) is 7.19. The summed E-state index contributed by atoms with van der Waals surface area (Å²) < 4.78 is 16.8. The lowest BCUT2D eigenvalue weighted by Crippen LogP contribution is -2.17. The van der Waals surface area contributed by atoms with E-state index >= 15 is 0 Å². The summed E-state index contributed by atoms with van der Waals surface area (Å²) in [6.07, 6.45) is 0. The Kier molecular flexibility index (Phi) is 3.97. The topological polar surface area (TPSA) is 43.4 Å². The van der Waals surface area contributed by atoms with Crippen molar-refractivity contribution in [1.29, 1.82) is 0 Å². The molecule has 0 saturated carbocycles. The normalized spacial score (nSPS) is 9.73. The molecular formula is C11H11FO3. The molecule has 0 fully saturated rings. The molecule has 0 aromatic heterocycles. The van der Waals surface area contributed by atoms with Gasteiger partial charge in [-0.15, -0.1) is 0 Å². The fourth-order valence-electron chi connectivity index (χ4n) is 1.11. The Morgan fingerprint density at radius 2 is 2.13 bits per heavy atom. The minimum Gasteiger partial charge on any atom is -0.460 e. The van der Waals surface area contributed by atoms with Crippen LogP contribution in [-0.4, -0.2) is 18.4 Å². The van der Waals surface area contributed by atoms with Crippen molar-refractivity contribution in [3.63, 3.8) is 0 Å². The molecule has 0 amide bonds. The van der Waals surface area contributed by atoms with Gasteiger partial charge in [0.25, 0.3) is 5.78 Å². The highest BCUT2D eigenvalue weighted by Gasteiger charge is 2.17. The minimum atomic E-state index is -0.909. The summed E-state index contributed by atoms with van der Waals surface area (Å²) in [6.45, 7) is 1.10. The Labute approximate surface area is 86.9 Å². The van der Waals surface area contributed by atoms with E-state index < -0.39 is 18.4 Å². The van der Waals surface area contributed by atoms with Gasteiger partial charge in [-0.3, -0.25) is 4.79 Å². The number of esters is 1. The summed E-state index contributed by atoms with van der Waals surface area (Å²) in [7, 11) is 0. The highest BCUT2D eigenvalue weighted by atomic mass is 19.1. The van der Waals surface area contributed by atoms with E-state index in [1.165, 1.54) is 18.2 Å². The zero-order valence-electron chi connectivity index (χ0n) is 8.33. The van der Waals surface area contributed by atoms with E-state index in [2.05, 4.69) is 4.74 Å². The van der Waals surface area contributed by atoms with Gasteiger partial charge in [0.15, 0.2) is 0 Å². The second-order valence-electron chi connectivity index (χ2n) is 2.88. The van der Waals surface area contributed by atoms with E-state index in [4.69, 9.17) is 0 Å². The second kappa shape index (κ2) is 5.24. The number of halogens is 1. The van der Waals surface area contributed by atoms with Crippen molar-refractivity contribution < 1.29 is 18.7 Å². The first kappa shape index (κ1) is 11.4. The van der Waals surface area contributed by atoms with Crippen LogP contribution in [0.5, 0.6) is 0 Å². The van der Waals surface area contributed by atoms with Crippen molar-refractivity contribution in [3.05, 3.63) is 35.4 Å². The summed E-state index contributed by atoms with van der Waals surface area (Å²) in [5.41, 5.74) is 0.522. The van der Waals surface area contributed by atoms with E-state index in [1.54, 1.807) is 13.0 Å². The van der Waals surface area contributed by atoms with Gasteiger partial charge in [-0.05, 0) is 18.6 Å². The van der Waals surface area contributed by atoms with Crippen LogP contribution < -0.4 is 0 Å². The average Bonchev–Trinajstić information content (AvgIpc) is 2.28. The lowest BCUT2D eigenvalue weighted by atomic mass is 10.1. The van der Waals surface area contributed by atoms with Crippen LogP contribution in [0.1, 0.15) is 22.8 Å². The number of ketones is 1. The van der Waals surface area contributed by atoms with Gasteiger partial charge in [-0.25, -0.2) is 9.18 Å². The van der Waals surface area contributed by atoms with Crippen LogP contribution in [0.2, 0.25) is 0 Å². The highest BCUT2D eigenvalue weighted by Crippen LogP contribution is 2.08. The molecule has 0 heterocycles. The molecule has 0 radical (unpaired) electrons. The summed E-state index contributed by atoms with van der Waals surface area (Å²) in [6, 6.07) is 5.88. The number of ether oxygens (including phenoxy) is 1. The van der Waals surface area contributed by atoms with E-state index in [0.29, 0.717) is 5.56 Å². The van der Waals surface area contributed by atoms with Crippen LogP contribution in [0.15, 0.2) is 24.3 Å². The number of hydrogen-bond donors (Lipinski definition) is 0. The molecule has 4 heteroatoms. The van der Waals surface area contributed by atoms with Gasteiger partial charge in [0.2, 0.25) is 0 Å². The maximum atomic E-state index is 12.3. The Hall–Kier alpha value is -1.71. The van der Waals surface area contributed by atoms with Crippen molar-refractivity contribution in [2.75, 3.05) is 6.61 Å². The molecule has 1 rings (SSSR count). The molecule has 0 saturated heterocycles. The van der Waals surface area contributed by atoms with E-state index in [9.17, 15) is 14.0 Å². The smallest absolute Gasteiger partial charge is 0.379 e. The maximum Gasteiger partial charge on any atom is 0.379 e. The SMILES string of the molecule is CCOC(=O)C(=O)c1cccc(CF)c1. The van der Waals surface area contributed by atoms with Crippen LogP contribution in [-0.2, 0) is 16.2 Å². The number of benzene rings is 1. The third kappa shape index (κ3) is 2.87. The zero-order valence-corrected chi connectivity index (χ0v) is 8.33. The van der Waals surface area contributed by atoms with Crippen molar-refractivity contribution in [1.82, 2.24) is 0 Å². The summed E-state index contributed by atoms with van der Waals surface area (Å²) >= 11 is 0. The fourth-order valence-corrected chi connectivity index (χ4v) is 1.11. The van der Waals surface area contributed by atoms with Crippen molar-refractivity contribution in [2.24, 2.45) is 0 Å². The van der Waals surface area contributed by atoms with E-state index in [-0.39, 0.29) is 12.2 Å². The van der Waals surface area contributed by atoms with Crippen molar-refractivity contribution in [2.45, 2.75) is 13.6 Å². The molecule has 0 aliphatic carbocycles. The van der Waals surface area contributed by atoms with Crippen LogP contribution in [0, 0.1) is 0 Å². The maximum absolute atomic E-state index is 12.3. The van der Waals surface area contributed by atoms with Gasteiger partial charge < -0.3 is 4.74 Å². The number of Topliss-reactive ketones (excluding diaryl/α,β-unsaturated/α-hetero) is 1. The first-order valence-electron chi connectivity index (χ1n) is 4.55. The van der Waals surface area contributed by atoms with Gasteiger partial charge >= 0.3 is 5.97 Å². The predicted octanol–water partition coefficient (Wildman–Crippen LogP) is 1.90. The largest absolute Gasteiger partial charge is 0.460 e. The van der Waals surface area contributed by atoms with Gasteiger partial charge in [0.05, 0.1) is 6.61 Å². The summed E-state index contributed by atoms with van der Waals surface area (Å²) in [5.74, 6) is -1.65. The molecule has 1 aromatic carbocycles. The Morgan fingerprint density at radius 1 is 1.40 bits per heavy atom. The van der Waals surface area contributed by atoms with Gasteiger partial charge in [0, 0.05) is 5.56 Å². The monoisotopic (exact) mass is 210 g/mol. The third-order valence-electron chi connectivity index (χ3n) is 1.80. The molecule has 0 bridgehead atoms. The van der Waals surface area contributed by atoms with Gasteiger partial charge in [-0.2, -0.15) is 0 Å². The first-order valence-corrected chi connectivity index (χ1v) is 4.55. The Morgan fingerprint density at radius 3 is 2.73 bits per heavy atom. The molecule has 3 nitrogen and oxygen atoms in total. The number of rotatable bonds is 4. The third-order valence-corrected chi connectivity index (χ3v) is 1.80. The highest BCUT2D eigenvalue weighted by molar-refractivity contribution is 6.40. The summed E-state index contributed by atoms with van der Waals surface area (Å²) in [5, 5.41) is 0. The predicted molar refractivity (Wildman–Crippen MR) is 52.2 cm³/mol. The molecule has 0 N–H and O–H groups in total. The van der Waals surface area contributed by atoms with Crippen LogP contribution >= 0.6 is 0 Å². The van der Waals surface area contributed by atoms with Crippen LogP contribution in [0.25, 0.3) is 0 Å². The van der Waals surface area contributed by atoms with Gasteiger partial charge in [0.1, 0.15) is 6.67 Å². The van der Waals surface area contributed by atoms with Gasteiger partial charge in [-0.1, -0.05) is 18.2 Å². The van der Waals surface area contributed by atoms with Crippen molar-refractivity contribution in [3.8, 4) is 0 Å². The summed E-state index contributed by atoms with van der Waals surface area (Å²) in [4.78, 5) is 22.5. The molecule has 0 aliphatic rings. The number of hydrogen-bond acceptors (Lipinski definition) is 3. The lowest BCUT2D eigenvalue weighted by molar-refractivity contribution is -0.137. The number of carbonyl (C=O) groups is 2. The molecule has 0 unspecified atom stereocenters. The lowest BCUT2D eigenvalue weighted by Gasteiger charge is -2.01. The fraction of sp³-hybridized carbons (Fsp3) is 0.273. The molecule has 80 valence electrons. The molecule has 15 heavy (non-hydrogen) atoms. The molecule has 0 aliphatic heterocycles. The Bertz CT molecular complexity index is 374. The van der Waals surface area contributed by atoms with Crippen LogP contribution in [0.4, 0.5) is 4.39 Å². The van der Waals surface area contributed by atoms with Crippen LogP contribution in [0.3, 0.4) is 0 Å². The molecule has 0 atom stereocenters. The molecular weight excluding hydrogens is 199 g/mol. The quantitative estimate of drug-likeness (QED) is 0.433. The standard InChI is InChI=1S/C11H11FO3/c1-2-15-11(14)10(13)9-5-3-4-8(6-9)7-12/h3-6H,2,7H2,1H3. The Balaban J connectivity index is 2.86. The second-order valence-corrected chi connectivity index (χ2v) is 2.88.